The van der Waals surface area contributed by atoms with Crippen LogP contribution in [-0.4, -0.2) is 56.3 Å². The van der Waals surface area contributed by atoms with Gasteiger partial charge < -0.3 is 26.8 Å². The van der Waals surface area contributed by atoms with Gasteiger partial charge in [-0.1, -0.05) is 57.1 Å². The Morgan fingerprint density at radius 1 is 0.370 bits per heavy atom. The predicted molar refractivity (Wildman–Crippen MR) is 315 cm³/mol. The van der Waals surface area contributed by atoms with E-state index in [-0.39, 0.29) is 149 Å². The van der Waals surface area contributed by atoms with Crippen molar-refractivity contribution in [2.75, 3.05) is 0 Å². The standard InChI is InChI=1S/C12H6N3.C11H5F2N2.4C11H6FN2.6Ir/c1-13-11-8-9-4-2-3-5-10(9)12-14-6-7-15(11)12;12-9-3-1-2-7-8(9)6-10(13)15-5-4-14-11(7)15;12-9-1-2-10-8(7-9)3-5-14-6-4-13-11(10)14;12-9-2-1-8-3-5-14-6-4-13-11(14)10(8)7-9;12-10-7-14-6-5-13-11(14)9-4-2-1-3-8(9)10;12-10-7-8-3-1-2-4-9(8)11-13-5-6-14(10)11;;;;;;/h2-4,6-8H;1,3-6H;1,3-7H;1-6H;2*1-3,5-7H;;;;;;/q6*-1;;;;;;. The molecule has 6 radical (unpaired) electrons. The van der Waals surface area contributed by atoms with Crippen molar-refractivity contribution in [3.8, 4) is 0 Å². The van der Waals surface area contributed by atoms with E-state index in [2.05, 4.69) is 71.1 Å². The van der Waals surface area contributed by atoms with Gasteiger partial charge in [0.2, 0.25) is 5.82 Å². The van der Waals surface area contributed by atoms with Crippen molar-refractivity contribution in [1.82, 2.24) is 56.3 Å². The minimum atomic E-state index is -0.534. The maximum Gasteiger partial charge on any atom is 0.219 e. The topological polar surface area (TPSA) is 108 Å². The first-order valence-electron chi connectivity index (χ1n) is 26.0. The molecule has 12 aromatic heterocycles. The largest absolute Gasteiger partial charge is 0.365 e. The fourth-order valence-electron chi connectivity index (χ4n) is 9.83. The molecule has 0 atom stereocenters. The van der Waals surface area contributed by atoms with Crippen LogP contribution in [0.25, 0.3) is 103 Å². The molecule has 0 amide bonds. The first-order chi connectivity index (χ1) is 42.1. The summed E-state index contributed by atoms with van der Waals surface area (Å²) in [4.78, 5) is 28.3. The van der Waals surface area contributed by atoms with Crippen molar-refractivity contribution in [2.45, 2.75) is 0 Å². The number of aromatic nitrogens is 12. The Hall–Kier alpha value is -8.01. The Morgan fingerprint density at radius 2 is 0.837 bits per heavy atom. The first kappa shape index (κ1) is 71.4. The van der Waals surface area contributed by atoms with Crippen LogP contribution in [0.15, 0.2) is 214 Å². The van der Waals surface area contributed by atoms with Gasteiger partial charge in [0.15, 0.2) is 11.9 Å². The van der Waals surface area contributed by atoms with E-state index in [1.54, 1.807) is 88.7 Å². The molecule has 12 heterocycles. The number of hydrogen-bond donors (Lipinski definition) is 0. The van der Waals surface area contributed by atoms with Crippen LogP contribution < -0.4 is 0 Å². The van der Waals surface area contributed by atoms with Gasteiger partial charge in [-0.2, -0.15) is 8.78 Å². The minimum absolute atomic E-state index is 0. The van der Waals surface area contributed by atoms with E-state index in [9.17, 15) is 26.3 Å². The third-order valence-corrected chi connectivity index (χ3v) is 13.7. The summed E-state index contributed by atoms with van der Waals surface area (Å²) in [6.45, 7) is 7.11. The van der Waals surface area contributed by atoms with Crippen molar-refractivity contribution in [3.63, 3.8) is 0 Å². The van der Waals surface area contributed by atoms with Crippen molar-refractivity contribution in [3.05, 3.63) is 297 Å². The molecule has 0 aliphatic heterocycles. The maximum atomic E-state index is 13.5. The van der Waals surface area contributed by atoms with Crippen LogP contribution in [0.3, 0.4) is 0 Å². The van der Waals surface area contributed by atoms with Crippen molar-refractivity contribution in [2.24, 2.45) is 0 Å². The second-order valence-corrected chi connectivity index (χ2v) is 18.9. The van der Waals surface area contributed by atoms with E-state index in [0.29, 0.717) is 27.9 Å². The van der Waals surface area contributed by atoms with E-state index in [0.717, 1.165) is 77.1 Å². The molecule has 25 heteroatoms. The molecule has 0 aliphatic rings. The molecule has 18 rings (SSSR count). The Labute approximate surface area is 599 Å². The minimum Gasteiger partial charge on any atom is -0.365 e. The van der Waals surface area contributed by atoms with Crippen LogP contribution in [0.2, 0.25) is 0 Å². The molecule has 470 valence electrons. The number of halogens is 6. The van der Waals surface area contributed by atoms with E-state index in [4.69, 9.17) is 6.57 Å². The number of imidazole rings is 6. The van der Waals surface area contributed by atoms with Gasteiger partial charge >= 0.3 is 0 Å². The third-order valence-electron chi connectivity index (χ3n) is 13.7. The molecule has 18 aromatic rings. The molecule has 0 N–H and O–H groups in total. The van der Waals surface area contributed by atoms with Crippen LogP contribution in [0.1, 0.15) is 0 Å². The van der Waals surface area contributed by atoms with Crippen molar-refractivity contribution in [1.29, 1.82) is 0 Å². The zero-order valence-corrected chi connectivity index (χ0v) is 60.7. The maximum absolute atomic E-state index is 13.5. The normalized spacial score (nSPS) is 10.4. The molecular weight excluding hydrogens is 2250 g/mol. The molecule has 0 unspecified atom stereocenters. The molecule has 0 spiro atoms. The van der Waals surface area contributed by atoms with Crippen molar-refractivity contribution >= 4 is 104 Å². The Morgan fingerprint density at radius 3 is 1.48 bits per heavy atom. The molecule has 6 aromatic carbocycles. The van der Waals surface area contributed by atoms with Crippen LogP contribution >= 0.6 is 0 Å². The number of benzene rings is 6. The fraction of sp³-hybridized carbons (Fsp3) is 0. The van der Waals surface area contributed by atoms with Gasteiger partial charge in [-0.25, -0.2) is 13.2 Å². The predicted octanol–water partition coefficient (Wildman–Crippen LogP) is 15.1. The molecule has 92 heavy (non-hydrogen) atoms. The zero-order valence-electron chi connectivity index (χ0n) is 46.3. The third kappa shape index (κ3) is 14.4. The van der Waals surface area contributed by atoms with E-state index >= 15 is 0 Å². The molecule has 0 saturated heterocycles. The van der Waals surface area contributed by atoms with Gasteiger partial charge in [0, 0.05) is 206 Å². The summed E-state index contributed by atoms with van der Waals surface area (Å²) >= 11 is 0. The summed E-state index contributed by atoms with van der Waals surface area (Å²) in [5.74, 6) is -1.59. The van der Waals surface area contributed by atoms with Crippen LogP contribution in [0.5, 0.6) is 0 Å². The monoisotopic (exact) mass is 2290 g/mol. The van der Waals surface area contributed by atoms with Gasteiger partial charge in [-0.15, -0.1) is 160 Å². The molecule has 0 bridgehead atoms. The van der Waals surface area contributed by atoms with Crippen LogP contribution in [0, 0.1) is 78.1 Å². The smallest absolute Gasteiger partial charge is 0.219 e. The molecule has 0 saturated carbocycles. The zero-order chi connectivity index (χ0) is 58.8. The summed E-state index contributed by atoms with van der Waals surface area (Å²) in [7, 11) is 0. The second-order valence-electron chi connectivity index (χ2n) is 18.9. The summed E-state index contributed by atoms with van der Waals surface area (Å²) in [6.07, 6.45) is 25.3. The summed E-state index contributed by atoms with van der Waals surface area (Å²) in [6, 6.07) is 51.0. The van der Waals surface area contributed by atoms with E-state index < -0.39 is 11.8 Å². The van der Waals surface area contributed by atoms with Crippen molar-refractivity contribution < 1.29 is 147 Å². The van der Waals surface area contributed by atoms with Crippen LogP contribution in [-0.2, 0) is 121 Å². The Kier molecular flexibility index (Phi) is 24.5. The van der Waals surface area contributed by atoms with E-state index in [1.807, 2.05) is 82.1 Å². The number of hydrogen-bond acceptors (Lipinski definition) is 6. The fourth-order valence-corrected chi connectivity index (χ4v) is 9.83. The van der Waals surface area contributed by atoms with Gasteiger partial charge in [0.1, 0.15) is 11.5 Å². The van der Waals surface area contributed by atoms with Crippen LogP contribution in [0.4, 0.5) is 32.2 Å². The summed E-state index contributed by atoms with van der Waals surface area (Å²) in [5.41, 5.74) is 4.07. The summed E-state index contributed by atoms with van der Waals surface area (Å²) < 4.78 is 89.6. The summed E-state index contributed by atoms with van der Waals surface area (Å²) in [5, 5.41) is 8.93. The Bertz CT molecular complexity index is 5600. The molecule has 13 nitrogen and oxygen atoms in total. The molecule has 0 fully saturated rings. The molecular formula is C67H35F6Ir6N13-6. The number of nitrogens with zero attached hydrogens (tertiary/aromatic N) is 13. The number of fused-ring (bicyclic) bond motifs is 18. The van der Waals surface area contributed by atoms with Gasteiger partial charge in [-0.05, 0) is 24.5 Å². The second kappa shape index (κ2) is 31.5. The van der Waals surface area contributed by atoms with E-state index in [1.165, 1.54) is 63.8 Å². The number of rotatable bonds is 0. The Balaban J connectivity index is 0.000000155. The van der Waals surface area contributed by atoms with Gasteiger partial charge in [0.05, 0.1) is 40.6 Å². The average molecular weight is 2290 g/mol. The van der Waals surface area contributed by atoms with Gasteiger partial charge in [0.25, 0.3) is 0 Å². The quantitative estimate of drug-likeness (QED) is 0.0850. The number of pyridine rings is 6. The van der Waals surface area contributed by atoms with Gasteiger partial charge in [-0.3, -0.25) is 38.7 Å². The average Bonchev–Trinajstić information content (AvgIpc) is 1.59. The SMILES string of the molecule is Fc1[c-]c2c(cc1)ccn1ccnc21.Fc1c[c-]c2c(ccn3ccnc23)c1.Fc1cc2ccc[c-]c2c2nccn12.Fc1cc[c-]c2c1cc(F)n1ccnc21.Fc1cn2ccnc2c2[c-]cccc12.[C-]#[N+]c1cc2ccc[c-]c2c2nccn12.[Ir].[Ir].[Ir].[Ir].[Ir].[Ir]. The molecule has 0 aliphatic carbocycles. The first-order valence-corrected chi connectivity index (χ1v) is 26.0.